The Morgan fingerprint density at radius 1 is 1.12 bits per heavy atom. The van der Waals surface area contributed by atoms with Gasteiger partial charge in [-0.15, -0.1) is 0 Å². The number of hydrogen-bond acceptors (Lipinski definition) is 3. The van der Waals surface area contributed by atoms with Gasteiger partial charge in [0.25, 0.3) is 0 Å². The van der Waals surface area contributed by atoms with Gasteiger partial charge in [0.2, 0.25) is 0 Å². The zero-order chi connectivity index (χ0) is 11.5. The standard InChI is InChI=1S/C12H13NO2.Al/c1-8(14)12(9(2)15)11-5-3-10(7-13)4-6-11;/h3-6,8-9,12H,1-2H3;/q-2;+2. The molecule has 2 rings (SSSR count). The van der Waals surface area contributed by atoms with Crippen LogP contribution in [0.1, 0.15) is 30.9 Å². The first-order chi connectivity index (χ1) is 7.72. The van der Waals surface area contributed by atoms with E-state index in [1.54, 1.807) is 0 Å². The van der Waals surface area contributed by atoms with Crippen molar-refractivity contribution in [2.45, 2.75) is 32.0 Å². The van der Waals surface area contributed by atoms with Gasteiger partial charge in [-0.1, -0.05) is 12.1 Å². The molecule has 1 aliphatic heterocycles. The van der Waals surface area contributed by atoms with E-state index in [0.29, 0.717) is 5.56 Å². The maximum Gasteiger partial charge on any atom is 0.668 e. The SMILES string of the molecule is CC1[O][Al][O]C(C)C1c1ccc(C#N)cc1. The minimum absolute atomic E-state index is 0.187. The van der Waals surface area contributed by atoms with E-state index in [2.05, 4.69) is 19.9 Å². The number of rotatable bonds is 1. The number of nitrogens with zero attached hydrogens (tertiary/aromatic N) is 1. The topological polar surface area (TPSA) is 42.2 Å². The molecule has 1 heterocycles. The molecule has 1 fully saturated rings. The summed E-state index contributed by atoms with van der Waals surface area (Å²) < 4.78 is 11.1. The van der Waals surface area contributed by atoms with Crippen molar-refractivity contribution >= 4 is 15.9 Å². The van der Waals surface area contributed by atoms with Crippen LogP contribution in [0, 0.1) is 11.3 Å². The van der Waals surface area contributed by atoms with Crippen molar-refractivity contribution < 1.29 is 7.58 Å². The Balaban J connectivity index is 2.24. The maximum absolute atomic E-state index is 8.75. The van der Waals surface area contributed by atoms with Gasteiger partial charge in [-0.25, -0.2) is 0 Å². The number of benzene rings is 1. The third-order valence-electron chi connectivity index (χ3n) is 2.98. The highest BCUT2D eigenvalue weighted by molar-refractivity contribution is 6.18. The second-order valence-corrected chi connectivity index (χ2v) is 4.78. The Kier molecular flexibility index (Phi) is 3.63. The van der Waals surface area contributed by atoms with Crippen molar-refractivity contribution in [3.63, 3.8) is 0 Å². The molecule has 81 valence electrons. The average molecular weight is 230 g/mol. The molecule has 1 aromatic carbocycles. The van der Waals surface area contributed by atoms with E-state index in [4.69, 9.17) is 12.8 Å². The lowest BCUT2D eigenvalue weighted by molar-refractivity contribution is 0.0260. The average Bonchev–Trinajstić information content (AvgIpc) is 2.30. The molecule has 0 bridgehead atoms. The van der Waals surface area contributed by atoms with Gasteiger partial charge in [0, 0.05) is 18.1 Å². The molecular formula is C12H13AlNO2. The van der Waals surface area contributed by atoms with Gasteiger partial charge in [0.1, 0.15) is 0 Å². The second-order valence-electron chi connectivity index (χ2n) is 4.04. The summed E-state index contributed by atoms with van der Waals surface area (Å²) in [5.41, 5.74) is 1.87. The molecule has 1 aromatic rings. The van der Waals surface area contributed by atoms with Crippen molar-refractivity contribution in [3.05, 3.63) is 35.4 Å². The molecule has 2 unspecified atom stereocenters. The van der Waals surface area contributed by atoms with E-state index in [9.17, 15) is 0 Å². The van der Waals surface area contributed by atoms with Gasteiger partial charge in [-0.3, -0.25) is 0 Å². The van der Waals surface area contributed by atoms with Crippen molar-refractivity contribution in [2.75, 3.05) is 0 Å². The van der Waals surface area contributed by atoms with Crippen LogP contribution in [0.3, 0.4) is 0 Å². The number of nitriles is 1. The van der Waals surface area contributed by atoms with E-state index in [0.717, 1.165) is 0 Å². The van der Waals surface area contributed by atoms with Crippen LogP contribution in [0.2, 0.25) is 0 Å². The highest BCUT2D eigenvalue weighted by Gasteiger charge is 2.31. The van der Waals surface area contributed by atoms with E-state index >= 15 is 0 Å². The highest BCUT2D eigenvalue weighted by Crippen LogP contribution is 2.30. The summed E-state index contributed by atoms with van der Waals surface area (Å²) in [5.74, 6) is 0.258. The molecule has 0 aliphatic carbocycles. The van der Waals surface area contributed by atoms with Crippen LogP contribution in [-0.2, 0) is 7.58 Å². The maximum atomic E-state index is 8.75. The van der Waals surface area contributed by atoms with Crippen LogP contribution < -0.4 is 0 Å². The third-order valence-corrected chi connectivity index (χ3v) is 4.06. The van der Waals surface area contributed by atoms with Gasteiger partial charge in [0.05, 0.1) is 11.6 Å². The molecule has 0 spiro atoms. The fourth-order valence-corrected chi connectivity index (χ4v) is 2.83. The smallest absolute Gasteiger partial charge is 0.481 e. The van der Waals surface area contributed by atoms with Gasteiger partial charge in [0.15, 0.2) is 0 Å². The molecular weight excluding hydrogens is 217 g/mol. The molecule has 3 nitrogen and oxygen atoms in total. The van der Waals surface area contributed by atoms with Crippen LogP contribution >= 0.6 is 0 Å². The van der Waals surface area contributed by atoms with Crippen LogP contribution in [0.15, 0.2) is 24.3 Å². The molecule has 0 saturated carbocycles. The molecule has 4 heteroatoms. The van der Waals surface area contributed by atoms with Gasteiger partial charge >= 0.3 is 15.9 Å². The summed E-state index contributed by atoms with van der Waals surface area (Å²) >= 11 is -0.325. The molecule has 0 amide bonds. The minimum Gasteiger partial charge on any atom is -0.481 e. The molecule has 2 atom stereocenters. The van der Waals surface area contributed by atoms with Crippen LogP contribution in [0.25, 0.3) is 0 Å². The van der Waals surface area contributed by atoms with Crippen LogP contribution in [0.5, 0.6) is 0 Å². The first-order valence-corrected chi connectivity index (χ1v) is 6.29. The first kappa shape index (κ1) is 11.6. The van der Waals surface area contributed by atoms with Gasteiger partial charge in [-0.05, 0) is 31.5 Å². The lowest BCUT2D eigenvalue weighted by Crippen LogP contribution is -2.38. The van der Waals surface area contributed by atoms with Gasteiger partial charge in [-0.2, -0.15) is 5.26 Å². The van der Waals surface area contributed by atoms with Gasteiger partial charge < -0.3 is 7.58 Å². The van der Waals surface area contributed by atoms with Crippen molar-refractivity contribution in [1.29, 1.82) is 5.26 Å². The Morgan fingerprint density at radius 3 is 2.19 bits per heavy atom. The van der Waals surface area contributed by atoms with E-state index < -0.39 is 0 Å². The normalized spacial score (nSPS) is 29.2. The molecule has 0 N–H and O–H groups in total. The summed E-state index contributed by atoms with van der Waals surface area (Å²) in [6.07, 6.45) is 0.373. The molecule has 1 saturated heterocycles. The summed E-state index contributed by atoms with van der Waals surface area (Å²) in [5, 5.41) is 8.75. The molecule has 1 radical (unpaired) electrons. The van der Waals surface area contributed by atoms with E-state index in [1.807, 2.05) is 24.3 Å². The lowest BCUT2D eigenvalue weighted by Gasteiger charge is -2.35. The molecule has 0 aromatic heterocycles. The third kappa shape index (κ3) is 2.29. The summed E-state index contributed by atoms with van der Waals surface area (Å²) in [6, 6.07) is 9.79. The Bertz CT molecular complexity index is 388. The van der Waals surface area contributed by atoms with Crippen LogP contribution in [0.4, 0.5) is 0 Å². The van der Waals surface area contributed by atoms with Crippen molar-refractivity contribution in [3.8, 4) is 6.07 Å². The van der Waals surface area contributed by atoms with E-state index in [-0.39, 0.29) is 34.0 Å². The quantitative estimate of drug-likeness (QED) is 0.693. The van der Waals surface area contributed by atoms with E-state index in [1.165, 1.54) is 5.56 Å². The van der Waals surface area contributed by atoms with Crippen LogP contribution in [-0.4, -0.2) is 28.1 Å². The largest absolute Gasteiger partial charge is 0.668 e. The fourth-order valence-electron chi connectivity index (χ4n) is 2.08. The summed E-state index contributed by atoms with van der Waals surface area (Å²) in [7, 11) is 0. The Morgan fingerprint density at radius 2 is 1.69 bits per heavy atom. The van der Waals surface area contributed by atoms with Crippen molar-refractivity contribution in [1.82, 2.24) is 0 Å². The lowest BCUT2D eigenvalue weighted by atomic mass is 9.89. The zero-order valence-electron chi connectivity index (χ0n) is 9.38. The first-order valence-electron chi connectivity index (χ1n) is 5.35. The van der Waals surface area contributed by atoms with Crippen molar-refractivity contribution in [2.24, 2.45) is 0 Å². The fraction of sp³-hybridized carbons (Fsp3) is 0.417. The number of hydrogen-bond donors (Lipinski definition) is 0. The minimum atomic E-state index is -0.325. The Labute approximate surface area is 102 Å². The molecule has 16 heavy (non-hydrogen) atoms. The predicted octanol–water partition coefficient (Wildman–Crippen LogP) is 2.00. The Hall–Kier alpha value is -0.838. The summed E-state index contributed by atoms with van der Waals surface area (Å²) in [6.45, 7) is 4.16. The summed E-state index contributed by atoms with van der Waals surface area (Å²) in [4.78, 5) is 0. The monoisotopic (exact) mass is 230 g/mol. The molecule has 1 aliphatic rings. The zero-order valence-corrected chi connectivity index (χ0v) is 10.5. The predicted molar refractivity (Wildman–Crippen MR) is 60.7 cm³/mol. The second kappa shape index (κ2) is 5.00. The highest BCUT2D eigenvalue weighted by atomic mass is 27.2.